The van der Waals surface area contributed by atoms with Crippen molar-refractivity contribution in [2.24, 2.45) is 5.73 Å². The summed E-state index contributed by atoms with van der Waals surface area (Å²) in [4.78, 5) is 11.3. The van der Waals surface area contributed by atoms with Crippen molar-refractivity contribution in [1.82, 2.24) is 5.32 Å². The Bertz CT molecular complexity index is 380. The van der Waals surface area contributed by atoms with Crippen molar-refractivity contribution in [3.63, 3.8) is 0 Å². The van der Waals surface area contributed by atoms with Gasteiger partial charge in [0.1, 0.15) is 11.4 Å². The molecular formula is C14H22N2O2. The summed E-state index contributed by atoms with van der Waals surface area (Å²) in [5.41, 5.74) is 6.15. The summed E-state index contributed by atoms with van der Waals surface area (Å²) in [6, 6.07) is 7.72. The van der Waals surface area contributed by atoms with Crippen LogP contribution in [0.2, 0.25) is 0 Å². The van der Waals surface area contributed by atoms with E-state index < -0.39 is 0 Å². The predicted octanol–water partition coefficient (Wildman–Crippen LogP) is 1.83. The van der Waals surface area contributed by atoms with Gasteiger partial charge in [0.25, 0.3) is 0 Å². The standard InChI is InChI=1S/C14H22N2O2/c1-14(2,3)18-12-6-4-11(5-7-12)10-16-13(17)8-9-15/h4-7H,8-10,15H2,1-3H3,(H,16,17). The summed E-state index contributed by atoms with van der Waals surface area (Å²) in [6.07, 6.45) is 0.366. The minimum atomic E-state index is -0.198. The average Bonchev–Trinajstić information content (AvgIpc) is 2.26. The SMILES string of the molecule is CC(C)(C)Oc1ccc(CNC(=O)CCN)cc1. The second-order valence-electron chi connectivity index (χ2n) is 5.17. The molecule has 0 fully saturated rings. The molecule has 4 heteroatoms. The number of carbonyl (C=O) groups is 1. The molecule has 0 aliphatic rings. The Morgan fingerprint density at radius 3 is 2.39 bits per heavy atom. The number of rotatable bonds is 5. The lowest BCUT2D eigenvalue weighted by molar-refractivity contribution is -0.121. The Morgan fingerprint density at radius 1 is 1.28 bits per heavy atom. The van der Waals surface area contributed by atoms with E-state index in [1.165, 1.54) is 0 Å². The summed E-state index contributed by atoms with van der Waals surface area (Å²) in [5.74, 6) is 0.812. The minimum absolute atomic E-state index is 0.0208. The van der Waals surface area contributed by atoms with Gasteiger partial charge >= 0.3 is 0 Å². The Labute approximate surface area is 109 Å². The quantitative estimate of drug-likeness (QED) is 0.838. The fourth-order valence-corrected chi connectivity index (χ4v) is 1.45. The van der Waals surface area contributed by atoms with Gasteiger partial charge < -0.3 is 15.8 Å². The molecule has 0 aromatic heterocycles. The topological polar surface area (TPSA) is 64.3 Å². The molecule has 1 amide bonds. The minimum Gasteiger partial charge on any atom is -0.488 e. The molecule has 1 aromatic carbocycles. The van der Waals surface area contributed by atoms with Crippen LogP contribution in [0.3, 0.4) is 0 Å². The predicted molar refractivity (Wildman–Crippen MR) is 72.3 cm³/mol. The third kappa shape index (κ3) is 5.68. The van der Waals surface area contributed by atoms with Crippen molar-refractivity contribution in [3.05, 3.63) is 29.8 Å². The van der Waals surface area contributed by atoms with Crippen LogP contribution < -0.4 is 15.8 Å². The number of ether oxygens (including phenoxy) is 1. The second kappa shape index (κ2) is 6.40. The largest absolute Gasteiger partial charge is 0.488 e. The lowest BCUT2D eigenvalue weighted by Crippen LogP contribution is -2.25. The van der Waals surface area contributed by atoms with Crippen molar-refractivity contribution >= 4 is 5.91 Å². The van der Waals surface area contributed by atoms with E-state index in [1.54, 1.807) is 0 Å². The van der Waals surface area contributed by atoms with Gasteiger partial charge in [-0.25, -0.2) is 0 Å². The Hall–Kier alpha value is -1.55. The van der Waals surface area contributed by atoms with E-state index in [9.17, 15) is 4.79 Å². The van der Waals surface area contributed by atoms with Gasteiger partial charge in [-0.05, 0) is 38.5 Å². The molecular weight excluding hydrogens is 228 g/mol. The summed E-state index contributed by atoms with van der Waals surface area (Å²) >= 11 is 0. The van der Waals surface area contributed by atoms with E-state index in [0.717, 1.165) is 11.3 Å². The third-order valence-corrected chi connectivity index (χ3v) is 2.21. The molecule has 0 atom stereocenters. The first-order valence-electron chi connectivity index (χ1n) is 6.15. The Balaban J connectivity index is 2.48. The van der Waals surface area contributed by atoms with E-state index in [-0.39, 0.29) is 11.5 Å². The maximum atomic E-state index is 11.3. The summed E-state index contributed by atoms with van der Waals surface area (Å²) in [6.45, 7) is 6.93. The number of nitrogens with two attached hydrogens (primary N) is 1. The molecule has 0 radical (unpaired) electrons. The zero-order valence-corrected chi connectivity index (χ0v) is 11.3. The van der Waals surface area contributed by atoms with E-state index in [1.807, 2.05) is 45.0 Å². The van der Waals surface area contributed by atoms with Crippen LogP contribution in [0, 0.1) is 0 Å². The molecule has 0 unspecified atom stereocenters. The van der Waals surface area contributed by atoms with Crippen LogP contribution in [-0.4, -0.2) is 18.1 Å². The number of carbonyl (C=O) groups excluding carboxylic acids is 1. The number of amides is 1. The van der Waals surface area contributed by atoms with E-state index in [2.05, 4.69) is 5.32 Å². The maximum absolute atomic E-state index is 11.3. The maximum Gasteiger partial charge on any atom is 0.221 e. The Kier molecular flexibility index (Phi) is 5.16. The summed E-state index contributed by atoms with van der Waals surface area (Å²) < 4.78 is 5.72. The van der Waals surface area contributed by atoms with Crippen LogP contribution in [0.25, 0.3) is 0 Å². The van der Waals surface area contributed by atoms with Gasteiger partial charge in [-0.1, -0.05) is 12.1 Å². The van der Waals surface area contributed by atoms with Crippen molar-refractivity contribution in [2.75, 3.05) is 6.54 Å². The molecule has 3 N–H and O–H groups in total. The fraction of sp³-hybridized carbons (Fsp3) is 0.500. The zero-order valence-electron chi connectivity index (χ0n) is 11.3. The molecule has 0 saturated carbocycles. The van der Waals surface area contributed by atoms with Crippen LogP contribution in [-0.2, 0) is 11.3 Å². The zero-order chi connectivity index (χ0) is 13.6. The van der Waals surface area contributed by atoms with Gasteiger partial charge in [0.05, 0.1) is 0 Å². The molecule has 0 saturated heterocycles. The first kappa shape index (κ1) is 14.5. The van der Waals surface area contributed by atoms with Crippen LogP contribution in [0.5, 0.6) is 5.75 Å². The number of nitrogens with one attached hydrogen (secondary N) is 1. The van der Waals surface area contributed by atoms with Gasteiger partial charge in [-0.3, -0.25) is 4.79 Å². The average molecular weight is 250 g/mol. The van der Waals surface area contributed by atoms with E-state index in [0.29, 0.717) is 19.5 Å². The van der Waals surface area contributed by atoms with Crippen LogP contribution in [0.1, 0.15) is 32.8 Å². The normalized spacial score (nSPS) is 11.1. The van der Waals surface area contributed by atoms with Crippen molar-refractivity contribution in [1.29, 1.82) is 0 Å². The molecule has 0 aliphatic carbocycles. The van der Waals surface area contributed by atoms with Gasteiger partial charge in [0.15, 0.2) is 0 Å². The van der Waals surface area contributed by atoms with Crippen LogP contribution in [0.4, 0.5) is 0 Å². The highest BCUT2D eigenvalue weighted by molar-refractivity contribution is 5.76. The molecule has 0 spiro atoms. The molecule has 100 valence electrons. The monoisotopic (exact) mass is 250 g/mol. The second-order valence-corrected chi connectivity index (χ2v) is 5.17. The van der Waals surface area contributed by atoms with E-state index in [4.69, 9.17) is 10.5 Å². The smallest absolute Gasteiger partial charge is 0.221 e. The Morgan fingerprint density at radius 2 is 1.89 bits per heavy atom. The molecule has 1 aromatic rings. The third-order valence-electron chi connectivity index (χ3n) is 2.21. The fourth-order valence-electron chi connectivity index (χ4n) is 1.45. The van der Waals surface area contributed by atoms with Crippen LogP contribution >= 0.6 is 0 Å². The molecule has 18 heavy (non-hydrogen) atoms. The molecule has 0 bridgehead atoms. The molecule has 0 heterocycles. The van der Waals surface area contributed by atoms with Gasteiger partial charge in [-0.15, -0.1) is 0 Å². The molecule has 4 nitrogen and oxygen atoms in total. The molecule has 0 aliphatic heterocycles. The highest BCUT2D eigenvalue weighted by atomic mass is 16.5. The number of benzene rings is 1. The van der Waals surface area contributed by atoms with Gasteiger partial charge in [-0.2, -0.15) is 0 Å². The highest BCUT2D eigenvalue weighted by Gasteiger charge is 2.11. The molecule has 1 rings (SSSR count). The first-order valence-corrected chi connectivity index (χ1v) is 6.15. The van der Waals surface area contributed by atoms with Crippen LogP contribution in [0.15, 0.2) is 24.3 Å². The lowest BCUT2D eigenvalue weighted by Gasteiger charge is -2.21. The van der Waals surface area contributed by atoms with Crippen molar-refractivity contribution in [2.45, 2.75) is 39.3 Å². The van der Waals surface area contributed by atoms with Crippen molar-refractivity contribution < 1.29 is 9.53 Å². The van der Waals surface area contributed by atoms with Crippen molar-refractivity contribution in [3.8, 4) is 5.75 Å². The summed E-state index contributed by atoms with van der Waals surface area (Å²) in [5, 5.41) is 2.81. The number of hydrogen-bond donors (Lipinski definition) is 2. The van der Waals surface area contributed by atoms with E-state index >= 15 is 0 Å². The van der Waals surface area contributed by atoms with Gasteiger partial charge in [0, 0.05) is 19.5 Å². The first-order chi connectivity index (χ1) is 8.40. The summed E-state index contributed by atoms with van der Waals surface area (Å²) in [7, 11) is 0. The van der Waals surface area contributed by atoms with Gasteiger partial charge in [0.2, 0.25) is 5.91 Å². The highest BCUT2D eigenvalue weighted by Crippen LogP contribution is 2.18. The lowest BCUT2D eigenvalue weighted by atomic mass is 10.1. The number of hydrogen-bond acceptors (Lipinski definition) is 3.